The van der Waals surface area contributed by atoms with E-state index in [0.29, 0.717) is 17.8 Å². The summed E-state index contributed by atoms with van der Waals surface area (Å²) in [5.41, 5.74) is 5.27. The number of nitrogens with zero attached hydrogens (tertiary/aromatic N) is 2. The molecule has 4 aromatic carbocycles. The normalized spacial score (nSPS) is 12.2. The molecule has 5 aromatic rings. The number of benzene rings is 4. The zero-order chi connectivity index (χ0) is 28.3. The lowest BCUT2D eigenvalue weighted by molar-refractivity contribution is 0.0952. The molecular weight excluding hydrogens is 520 g/mol. The van der Waals surface area contributed by atoms with Gasteiger partial charge in [0.05, 0.1) is 10.6 Å². The first-order valence-corrected chi connectivity index (χ1v) is 14.5. The summed E-state index contributed by atoms with van der Waals surface area (Å²) in [5, 5.41) is 4.18. The second kappa shape index (κ2) is 11.3. The van der Waals surface area contributed by atoms with Crippen LogP contribution >= 0.6 is 0 Å². The first-order chi connectivity index (χ1) is 19.3. The van der Waals surface area contributed by atoms with Gasteiger partial charge in [-0.2, -0.15) is 0 Å². The van der Waals surface area contributed by atoms with Crippen LogP contribution in [0.4, 0.5) is 11.4 Å². The average Bonchev–Trinajstić information content (AvgIpc) is 3.41. The van der Waals surface area contributed by atoms with Crippen molar-refractivity contribution in [2.75, 3.05) is 36.9 Å². The number of carbonyl (C=O) groups excluding carboxylic acids is 1. The van der Waals surface area contributed by atoms with Crippen LogP contribution in [0.25, 0.3) is 10.9 Å². The largest absolute Gasteiger partial charge is 0.378 e. The van der Waals surface area contributed by atoms with Gasteiger partial charge in [0.25, 0.3) is 15.9 Å². The maximum absolute atomic E-state index is 13.2. The van der Waals surface area contributed by atoms with E-state index < -0.39 is 10.0 Å². The first-order valence-electron chi connectivity index (χ1n) is 13.0. The van der Waals surface area contributed by atoms with E-state index in [1.54, 1.807) is 36.4 Å². The Morgan fingerprint density at radius 1 is 0.800 bits per heavy atom. The summed E-state index contributed by atoms with van der Waals surface area (Å²) in [7, 11) is 1.76. The fourth-order valence-corrected chi connectivity index (χ4v) is 6.00. The molecule has 1 amide bonds. The van der Waals surface area contributed by atoms with E-state index in [0.717, 1.165) is 27.7 Å². The Kier molecular flexibility index (Phi) is 7.62. The fraction of sp³-hybridized carbons (Fsp3) is 0.156. The molecule has 0 aliphatic rings. The van der Waals surface area contributed by atoms with Crippen molar-refractivity contribution in [1.82, 2.24) is 10.3 Å². The van der Waals surface area contributed by atoms with E-state index in [2.05, 4.69) is 40.6 Å². The van der Waals surface area contributed by atoms with Crippen LogP contribution in [0.15, 0.2) is 114 Å². The van der Waals surface area contributed by atoms with Crippen LogP contribution in [-0.2, 0) is 10.0 Å². The zero-order valence-electron chi connectivity index (χ0n) is 22.7. The van der Waals surface area contributed by atoms with Crippen LogP contribution in [0.1, 0.15) is 27.4 Å². The van der Waals surface area contributed by atoms with Crippen molar-refractivity contribution in [3.63, 3.8) is 0 Å². The van der Waals surface area contributed by atoms with Gasteiger partial charge in [-0.05, 0) is 65.7 Å². The van der Waals surface area contributed by atoms with Gasteiger partial charge in [0.2, 0.25) is 0 Å². The Morgan fingerprint density at radius 2 is 1.45 bits per heavy atom. The predicted molar refractivity (Wildman–Crippen MR) is 162 cm³/mol. The van der Waals surface area contributed by atoms with E-state index in [1.165, 1.54) is 23.5 Å². The molecule has 0 aliphatic carbocycles. The summed E-state index contributed by atoms with van der Waals surface area (Å²) in [6, 6.07) is 31.4. The van der Waals surface area contributed by atoms with E-state index >= 15 is 0 Å². The Bertz CT molecular complexity index is 1710. The lowest BCUT2D eigenvalue weighted by atomic mass is 9.90. The smallest absolute Gasteiger partial charge is 0.264 e. The molecule has 0 fully saturated rings. The molecule has 0 aliphatic heterocycles. The highest BCUT2D eigenvalue weighted by atomic mass is 32.2. The molecule has 2 N–H and O–H groups in total. The third-order valence-electron chi connectivity index (χ3n) is 7.17. The number of hydrogen-bond donors (Lipinski definition) is 2. The summed E-state index contributed by atoms with van der Waals surface area (Å²) in [4.78, 5) is 18.7. The Labute approximate surface area is 235 Å². The zero-order valence-corrected chi connectivity index (χ0v) is 23.5. The van der Waals surface area contributed by atoms with Crippen molar-refractivity contribution in [3.05, 3.63) is 126 Å². The maximum atomic E-state index is 13.2. The summed E-state index contributed by atoms with van der Waals surface area (Å²) in [6.07, 6.45) is 2.00. The number of aromatic nitrogens is 1. The predicted octanol–water partition coefficient (Wildman–Crippen LogP) is 5.62. The van der Waals surface area contributed by atoms with Crippen LogP contribution in [0.5, 0.6) is 0 Å². The monoisotopic (exact) mass is 552 g/mol. The lowest BCUT2D eigenvalue weighted by Gasteiger charge is -2.20. The van der Waals surface area contributed by atoms with Gasteiger partial charge in [0.15, 0.2) is 0 Å². The molecule has 1 heterocycles. The van der Waals surface area contributed by atoms with Crippen molar-refractivity contribution in [3.8, 4) is 0 Å². The quantitative estimate of drug-likeness (QED) is 0.249. The van der Waals surface area contributed by atoms with Crippen molar-refractivity contribution >= 4 is 38.2 Å². The molecular formula is C32H32N4O3S. The van der Waals surface area contributed by atoms with Crippen LogP contribution in [0.3, 0.4) is 0 Å². The molecule has 5 rings (SSSR count). The summed E-state index contributed by atoms with van der Waals surface area (Å²) in [6.45, 7) is 0.374. The van der Waals surface area contributed by atoms with Crippen molar-refractivity contribution in [2.24, 2.45) is 0 Å². The van der Waals surface area contributed by atoms with Gasteiger partial charge >= 0.3 is 0 Å². The van der Waals surface area contributed by atoms with E-state index in [-0.39, 0.29) is 16.7 Å². The van der Waals surface area contributed by atoms with Crippen LogP contribution < -0.4 is 14.5 Å². The minimum Gasteiger partial charge on any atom is -0.378 e. The molecule has 0 saturated carbocycles. The van der Waals surface area contributed by atoms with Gasteiger partial charge in [-0.3, -0.25) is 9.10 Å². The van der Waals surface area contributed by atoms with Crippen LogP contribution in [0, 0.1) is 0 Å². The summed E-state index contributed by atoms with van der Waals surface area (Å²) in [5.74, 6) is -0.356. The summed E-state index contributed by atoms with van der Waals surface area (Å²) < 4.78 is 27.5. The second-order valence-electron chi connectivity index (χ2n) is 9.87. The highest BCUT2D eigenvalue weighted by Gasteiger charge is 2.23. The van der Waals surface area contributed by atoms with E-state index in [4.69, 9.17) is 0 Å². The third-order valence-corrected chi connectivity index (χ3v) is 8.97. The Balaban J connectivity index is 1.36. The molecule has 1 atom stereocenters. The second-order valence-corrected chi connectivity index (χ2v) is 11.8. The molecule has 1 aromatic heterocycles. The summed E-state index contributed by atoms with van der Waals surface area (Å²) >= 11 is 0. The molecule has 0 spiro atoms. The fourth-order valence-electron chi connectivity index (χ4n) is 4.80. The number of rotatable bonds is 9. The maximum Gasteiger partial charge on any atom is 0.264 e. The number of H-pyrrole nitrogens is 1. The molecule has 8 heteroatoms. The Hall–Kier alpha value is -4.56. The van der Waals surface area contributed by atoms with Crippen LogP contribution in [-0.4, -0.2) is 47.0 Å². The number of para-hydroxylation sites is 2. The highest BCUT2D eigenvalue weighted by molar-refractivity contribution is 7.92. The molecule has 0 radical (unpaired) electrons. The standard InChI is InChI=1S/C32H32N4O3S/c1-35(2)25-17-13-23(14-18-25)29(30-22-33-31-12-8-7-11-28(30)31)21-34-32(37)24-15-19-27(20-16-24)40(38,39)36(3)26-9-5-4-6-10-26/h4-20,22,29,33H,21H2,1-3H3,(H,34,37)/t29-/m1/s1. The van der Waals surface area contributed by atoms with Crippen molar-refractivity contribution in [2.45, 2.75) is 10.8 Å². The molecule has 40 heavy (non-hydrogen) atoms. The lowest BCUT2D eigenvalue weighted by Crippen LogP contribution is -2.29. The van der Waals surface area contributed by atoms with Gasteiger partial charge < -0.3 is 15.2 Å². The minimum absolute atomic E-state index is 0.0875. The van der Waals surface area contributed by atoms with E-state index in [1.807, 2.05) is 49.5 Å². The minimum atomic E-state index is -3.76. The van der Waals surface area contributed by atoms with Gasteiger partial charge in [0, 0.05) is 62.0 Å². The third kappa shape index (κ3) is 5.44. The number of aromatic amines is 1. The molecule has 7 nitrogen and oxygen atoms in total. The number of carbonyl (C=O) groups is 1. The molecule has 0 unspecified atom stereocenters. The molecule has 204 valence electrons. The van der Waals surface area contributed by atoms with Crippen LogP contribution in [0.2, 0.25) is 0 Å². The Morgan fingerprint density at radius 3 is 2.12 bits per heavy atom. The highest BCUT2D eigenvalue weighted by Crippen LogP contribution is 2.31. The van der Waals surface area contributed by atoms with Crippen molar-refractivity contribution < 1.29 is 13.2 Å². The van der Waals surface area contributed by atoms with E-state index in [9.17, 15) is 13.2 Å². The number of anilines is 2. The number of hydrogen-bond acceptors (Lipinski definition) is 4. The number of sulfonamides is 1. The number of fused-ring (bicyclic) bond motifs is 1. The molecule has 0 saturated heterocycles. The molecule has 0 bridgehead atoms. The van der Waals surface area contributed by atoms with Crippen molar-refractivity contribution in [1.29, 1.82) is 0 Å². The topological polar surface area (TPSA) is 85.5 Å². The number of amides is 1. The average molecular weight is 553 g/mol. The first kappa shape index (κ1) is 27.0. The van der Waals surface area contributed by atoms with Gasteiger partial charge in [-0.25, -0.2) is 8.42 Å². The van der Waals surface area contributed by atoms with Gasteiger partial charge in [-0.15, -0.1) is 0 Å². The van der Waals surface area contributed by atoms with Gasteiger partial charge in [0.1, 0.15) is 0 Å². The SMILES string of the molecule is CN(C)c1ccc([C@@H](CNC(=O)c2ccc(S(=O)(=O)N(C)c3ccccc3)cc2)c2c[nH]c3ccccc23)cc1. The van der Waals surface area contributed by atoms with Gasteiger partial charge in [-0.1, -0.05) is 48.5 Å². The number of nitrogens with one attached hydrogen (secondary N) is 2.